The minimum absolute atomic E-state index is 0.129. The molecule has 0 aromatic heterocycles. The molecule has 0 aliphatic carbocycles. The number of benzene rings is 1. The van der Waals surface area contributed by atoms with Crippen molar-refractivity contribution in [2.24, 2.45) is 5.14 Å². The van der Waals surface area contributed by atoms with Crippen LogP contribution in [0.4, 0.5) is 0 Å². The van der Waals surface area contributed by atoms with E-state index in [4.69, 9.17) is 5.14 Å². The molecule has 9 heteroatoms. The summed E-state index contributed by atoms with van der Waals surface area (Å²) in [5.41, 5.74) is 0. The van der Waals surface area contributed by atoms with Crippen molar-refractivity contribution >= 4 is 20.0 Å². The molecule has 0 spiro atoms. The fraction of sp³-hybridized carbons (Fsp3) is 0.400. The first-order valence-corrected chi connectivity index (χ1v) is 8.63. The largest absolute Gasteiger partial charge is 0.316 e. The fourth-order valence-electron chi connectivity index (χ4n) is 1.35. The van der Waals surface area contributed by atoms with Crippen molar-refractivity contribution in [3.8, 4) is 0 Å². The van der Waals surface area contributed by atoms with E-state index in [1.54, 1.807) is 0 Å². The Hall–Kier alpha value is -1.00. The molecular weight excluding hydrogens is 290 g/mol. The summed E-state index contributed by atoms with van der Waals surface area (Å²) < 4.78 is 48.5. The van der Waals surface area contributed by atoms with Crippen molar-refractivity contribution < 1.29 is 16.8 Å². The maximum Gasteiger partial charge on any atom is 0.240 e. The van der Waals surface area contributed by atoms with Gasteiger partial charge in [0.25, 0.3) is 0 Å². The summed E-state index contributed by atoms with van der Waals surface area (Å²) in [5, 5.41) is 7.92. The predicted octanol–water partition coefficient (Wildman–Crippen LogP) is -0.778. The third-order valence-corrected chi connectivity index (χ3v) is 4.66. The Labute approximate surface area is 113 Å². The molecular formula is C10H17N3O4S2. The van der Waals surface area contributed by atoms with Gasteiger partial charge in [-0.15, -0.1) is 0 Å². The first kappa shape index (κ1) is 16.1. The van der Waals surface area contributed by atoms with Gasteiger partial charge in [0.2, 0.25) is 20.0 Å². The Bertz CT molecular complexity index is 626. The lowest BCUT2D eigenvalue weighted by molar-refractivity contribution is 0.577. The predicted molar refractivity (Wildman–Crippen MR) is 71.5 cm³/mol. The van der Waals surface area contributed by atoms with E-state index in [1.165, 1.54) is 18.2 Å². The van der Waals surface area contributed by atoms with Crippen molar-refractivity contribution in [2.75, 3.05) is 19.6 Å². The van der Waals surface area contributed by atoms with Crippen LogP contribution in [0.3, 0.4) is 0 Å². The molecule has 0 unspecified atom stereocenters. The SMILES string of the molecule is CCNCCNS(=O)(=O)c1cccc(S(N)(=O)=O)c1. The molecule has 1 rings (SSSR count). The molecule has 0 amide bonds. The van der Waals surface area contributed by atoms with Gasteiger partial charge in [-0.3, -0.25) is 0 Å². The molecule has 0 aliphatic rings. The highest BCUT2D eigenvalue weighted by Crippen LogP contribution is 2.14. The quantitative estimate of drug-likeness (QED) is 0.571. The molecule has 108 valence electrons. The number of nitrogens with one attached hydrogen (secondary N) is 2. The number of rotatable bonds is 7. The molecule has 0 bridgehead atoms. The van der Waals surface area contributed by atoms with Gasteiger partial charge in [0.15, 0.2) is 0 Å². The lowest BCUT2D eigenvalue weighted by Crippen LogP contribution is -2.31. The molecule has 0 atom stereocenters. The lowest BCUT2D eigenvalue weighted by Gasteiger charge is -2.08. The van der Waals surface area contributed by atoms with Crippen LogP contribution in [0, 0.1) is 0 Å². The van der Waals surface area contributed by atoms with Gasteiger partial charge in [-0.2, -0.15) is 0 Å². The van der Waals surface area contributed by atoms with E-state index in [1.807, 2.05) is 6.92 Å². The van der Waals surface area contributed by atoms with E-state index in [-0.39, 0.29) is 16.3 Å². The average Bonchev–Trinajstić information content (AvgIpc) is 2.34. The molecule has 1 aromatic carbocycles. The normalized spacial score (nSPS) is 12.5. The van der Waals surface area contributed by atoms with Gasteiger partial charge in [0.1, 0.15) is 0 Å². The molecule has 0 fully saturated rings. The van der Waals surface area contributed by atoms with Gasteiger partial charge in [-0.25, -0.2) is 26.7 Å². The summed E-state index contributed by atoms with van der Waals surface area (Å²) in [4.78, 5) is -0.363. The molecule has 0 radical (unpaired) electrons. The van der Waals surface area contributed by atoms with Crippen LogP contribution in [0.15, 0.2) is 34.1 Å². The van der Waals surface area contributed by atoms with Crippen LogP contribution in [0.25, 0.3) is 0 Å². The minimum Gasteiger partial charge on any atom is -0.316 e. The molecule has 4 N–H and O–H groups in total. The fourth-order valence-corrected chi connectivity index (χ4v) is 3.06. The van der Waals surface area contributed by atoms with Gasteiger partial charge < -0.3 is 5.32 Å². The van der Waals surface area contributed by atoms with E-state index in [2.05, 4.69) is 10.0 Å². The van der Waals surface area contributed by atoms with Crippen LogP contribution in [0.5, 0.6) is 0 Å². The Morgan fingerprint density at radius 2 is 1.74 bits per heavy atom. The van der Waals surface area contributed by atoms with Crippen LogP contribution in [0.2, 0.25) is 0 Å². The van der Waals surface area contributed by atoms with E-state index in [0.29, 0.717) is 6.54 Å². The monoisotopic (exact) mass is 307 g/mol. The second-order valence-corrected chi connectivity index (χ2v) is 7.10. The maximum absolute atomic E-state index is 11.9. The number of nitrogens with two attached hydrogens (primary N) is 1. The maximum atomic E-state index is 11.9. The topological polar surface area (TPSA) is 118 Å². The van der Waals surface area contributed by atoms with E-state index in [9.17, 15) is 16.8 Å². The van der Waals surface area contributed by atoms with E-state index in [0.717, 1.165) is 12.6 Å². The van der Waals surface area contributed by atoms with Crippen molar-refractivity contribution in [1.82, 2.24) is 10.0 Å². The molecule has 0 saturated heterocycles. The van der Waals surface area contributed by atoms with Crippen LogP contribution in [-0.4, -0.2) is 36.5 Å². The number of primary sulfonamides is 1. The Morgan fingerprint density at radius 3 is 2.32 bits per heavy atom. The summed E-state index contributed by atoms with van der Waals surface area (Å²) in [6.07, 6.45) is 0. The van der Waals surface area contributed by atoms with Gasteiger partial charge in [0.05, 0.1) is 9.79 Å². The third kappa shape index (κ3) is 4.88. The Kier molecular flexibility index (Phi) is 5.44. The van der Waals surface area contributed by atoms with Crippen LogP contribution in [0.1, 0.15) is 6.92 Å². The van der Waals surface area contributed by atoms with Gasteiger partial charge >= 0.3 is 0 Å². The summed E-state index contributed by atoms with van der Waals surface area (Å²) in [7, 11) is -7.65. The number of hydrogen-bond acceptors (Lipinski definition) is 5. The van der Waals surface area contributed by atoms with Crippen molar-refractivity contribution in [3.63, 3.8) is 0 Å². The van der Waals surface area contributed by atoms with E-state index >= 15 is 0 Å². The first-order chi connectivity index (χ1) is 8.77. The zero-order chi connectivity index (χ0) is 14.5. The molecule has 0 saturated carbocycles. The highest BCUT2D eigenvalue weighted by molar-refractivity contribution is 7.90. The molecule has 0 heterocycles. The number of sulfonamides is 2. The number of likely N-dealkylation sites (N-methyl/N-ethyl adjacent to an activating group) is 1. The highest BCUT2D eigenvalue weighted by Gasteiger charge is 2.16. The Morgan fingerprint density at radius 1 is 1.11 bits per heavy atom. The van der Waals surface area contributed by atoms with Gasteiger partial charge in [-0.05, 0) is 24.7 Å². The van der Waals surface area contributed by atoms with Gasteiger partial charge in [0, 0.05) is 13.1 Å². The van der Waals surface area contributed by atoms with Crippen LogP contribution < -0.4 is 15.2 Å². The molecule has 0 aliphatic heterocycles. The zero-order valence-electron chi connectivity index (χ0n) is 10.5. The molecule has 7 nitrogen and oxygen atoms in total. The van der Waals surface area contributed by atoms with Crippen LogP contribution >= 0.6 is 0 Å². The Balaban J connectivity index is 2.90. The summed E-state index contributed by atoms with van der Waals surface area (Å²) in [6.45, 7) is 3.35. The van der Waals surface area contributed by atoms with E-state index < -0.39 is 20.0 Å². The van der Waals surface area contributed by atoms with Gasteiger partial charge in [-0.1, -0.05) is 13.0 Å². The standard InChI is InChI=1S/C10H17N3O4S2/c1-2-12-6-7-13-19(16,17)10-5-3-4-9(8-10)18(11,14)15/h3-5,8,12-13H,2,6-7H2,1H3,(H2,11,14,15). The minimum atomic E-state index is -3.92. The van der Waals surface area contributed by atoms with Crippen molar-refractivity contribution in [3.05, 3.63) is 24.3 Å². The smallest absolute Gasteiger partial charge is 0.240 e. The summed E-state index contributed by atoms with van der Waals surface area (Å²) in [5.74, 6) is 0. The lowest BCUT2D eigenvalue weighted by atomic mass is 10.4. The van der Waals surface area contributed by atoms with Crippen molar-refractivity contribution in [1.29, 1.82) is 0 Å². The van der Waals surface area contributed by atoms with Crippen LogP contribution in [-0.2, 0) is 20.0 Å². The second-order valence-electron chi connectivity index (χ2n) is 3.77. The molecule has 1 aromatic rings. The summed E-state index contributed by atoms with van der Waals surface area (Å²) in [6, 6.07) is 4.92. The van der Waals surface area contributed by atoms with Crippen molar-refractivity contribution in [2.45, 2.75) is 16.7 Å². The molecule has 19 heavy (non-hydrogen) atoms. The first-order valence-electron chi connectivity index (χ1n) is 5.60. The second kappa shape index (κ2) is 6.44. The summed E-state index contributed by atoms with van der Waals surface area (Å²) >= 11 is 0. The third-order valence-electron chi connectivity index (χ3n) is 2.29. The zero-order valence-corrected chi connectivity index (χ0v) is 12.1. The number of hydrogen-bond donors (Lipinski definition) is 3. The average molecular weight is 307 g/mol. The highest BCUT2D eigenvalue weighted by atomic mass is 32.2.